The maximum absolute atomic E-state index is 11.3. The molecule has 0 aromatic carbocycles. The summed E-state index contributed by atoms with van der Waals surface area (Å²) in [6, 6.07) is 0. The summed E-state index contributed by atoms with van der Waals surface area (Å²) in [5.74, 6) is 2.42. The van der Waals surface area contributed by atoms with Gasteiger partial charge in [-0.05, 0) is 36.8 Å². The topological polar surface area (TPSA) is 17.1 Å². The minimum absolute atomic E-state index is 0.173. The van der Waals surface area contributed by atoms with Crippen molar-refractivity contribution in [3.8, 4) is 0 Å². The third-order valence-corrected chi connectivity index (χ3v) is 4.21. The van der Waals surface area contributed by atoms with Crippen molar-refractivity contribution >= 4 is 28.6 Å². The number of hydrogen-bond donors (Lipinski definition) is 0. The fraction of sp³-hybridized carbons (Fsp3) is 0.667. The molecule has 12 heavy (non-hydrogen) atoms. The van der Waals surface area contributed by atoms with E-state index in [1.165, 1.54) is 36.1 Å². The van der Waals surface area contributed by atoms with Gasteiger partial charge in [0.05, 0.1) is 0 Å². The highest BCUT2D eigenvalue weighted by molar-refractivity contribution is 8.14. The molecule has 0 aromatic rings. The molecule has 0 atom stereocenters. The molecule has 1 rings (SSSR count). The molecule has 0 radical (unpaired) electrons. The van der Waals surface area contributed by atoms with Crippen molar-refractivity contribution in [2.75, 3.05) is 11.5 Å². The van der Waals surface area contributed by atoms with Gasteiger partial charge in [0.2, 0.25) is 5.12 Å². The maximum atomic E-state index is 11.3. The van der Waals surface area contributed by atoms with E-state index in [-0.39, 0.29) is 5.12 Å². The molecule has 3 heteroatoms. The van der Waals surface area contributed by atoms with Crippen LogP contribution in [0.1, 0.15) is 19.8 Å². The van der Waals surface area contributed by atoms with Crippen LogP contribution in [0, 0.1) is 0 Å². The molecule has 1 fully saturated rings. The average molecular weight is 202 g/mol. The van der Waals surface area contributed by atoms with Gasteiger partial charge < -0.3 is 0 Å². The van der Waals surface area contributed by atoms with E-state index >= 15 is 0 Å². The molecule has 0 saturated carbocycles. The minimum Gasteiger partial charge on any atom is -0.282 e. The molecule has 0 aliphatic carbocycles. The van der Waals surface area contributed by atoms with Crippen molar-refractivity contribution < 1.29 is 4.79 Å². The Morgan fingerprint density at radius 3 is 2.58 bits per heavy atom. The van der Waals surface area contributed by atoms with Crippen LogP contribution >= 0.6 is 23.5 Å². The Hall–Kier alpha value is 0.110. The van der Waals surface area contributed by atoms with Gasteiger partial charge in [0, 0.05) is 5.25 Å². The third kappa shape index (κ3) is 3.23. The number of thioether (sulfide) groups is 2. The van der Waals surface area contributed by atoms with Gasteiger partial charge in [-0.1, -0.05) is 18.3 Å². The van der Waals surface area contributed by atoms with Gasteiger partial charge in [-0.2, -0.15) is 11.8 Å². The first-order chi connectivity index (χ1) is 5.70. The molecule has 0 spiro atoms. The Labute approximate surface area is 82.4 Å². The SMILES string of the molecule is C=C(C)C(=O)SC1CCSCC1. The van der Waals surface area contributed by atoms with Gasteiger partial charge in [-0.3, -0.25) is 4.79 Å². The first-order valence-corrected chi connectivity index (χ1v) is 6.18. The van der Waals surface area contributed by atoms with Crippen LogP contribution in [0.2, 0.25) is 0 Å². The first-order valence-electron chi connectivity index (χ1n) is 4.14. The lowest BCUT2D eigenvalue weighted by Gasteiger charge is -2.19. The van der Waals surface area contributed by atoms with E-state index in [1.54, 1.807) is 6.92 Å². The van der Waals surface area contributed by atoms with E-state index in [1.807, 2.05) is 11.8 Å². The second-order valence-electron chi connectivity index (χ2n) is 3.00. The maximum Gasteiger partial charge on any atom is 0.214 e. The van der Waals surface area contributed by atoms with E-state index in [0.29, 0.717) is 10.8 Å². The molecule has 0 unspecified atom stereocenters. The quantitative estimate of drug-likeness (QED) is 0.641. The predicted molar refractivity (Wildman–Crippen MR) is 57.8 cm³/mol. The van der Waals surface area contributed by atoms with Crippen molar-refractivity contribution in [2.24, 2.45) is 0 Å². The zero-order valence-electron chi connectivity index (χ0n) is 7.34. The third-order valence-electron chi connectivity index (χ3n) is 1.79. The number of carbonyl (C=O) groups is 1. The van der Waals surface area contributed by atoms with Crippen molar-refractivity contribution in [2.45, 2.75) is 25.0 Å². The van der Waals surface area contributed by atoms with Gasteiger partial charge in [-0.25, -0.2) is 0 Å². The lowest BCUT2D eigenvalue weighted by atomic mass is 10.2. The van der Waals surface area contributed by atoms with Crippen LogP contribution in [0.4, 0.5) is 0 Å². The van der Waals surface area contributed by atoms with Crippen LogP contribution in [0.25, 0.3) is 0 Å². The molecule has 1 aliphatic rings. The van der Waals surface area contributed by atoms with Gasteiger partial charge in [0.1, 0.15) is 0 Å². The fourth-order valence-corrected chi connectivity index (χ4v) is 3.43. The Morgan fingerprint density at radius 2 is 2.08 bits per heavy atom. The van der Waals surface area contributed by atoms with E-state index in [9.17, 15) is 4.79 Å². The summed E-state index contributed by atoms with van der Waals surface area (Å²) < 4.78 is 0. The van der Waals surface area contributed by atoms with Gasteiger partial charge in [0.25, 0.3) is 0 Å². The molecule has 1 saturated heterocycles. The van der Waals surface area contributed by atoms with Crippen LogP contribution in [-0.2, 0) is 4.79 Å². The standard InChI is InChI=1S/C9H14OS2/c1-7(2)9(10)12-8-3-5-11-6-4-8/h8H,1,3-6H2,2H3. The highest BCUT2D eigenvalue weighted by Crippen LogP contribution is 2.28. The Kier molecular flexibility index (Phi) is 4.22. The van der Waals surface area contributed by atoms with Crippen LogP contribution in [0.5, 0.6) is 0 Å². The molecule has 0 bridgehead atoms. The highest BCUT2D eigenvalue weighted by atomic mass is 32.2. The van der Waals surface area contributed by atoms with Crippen LogP contribution in [-0.4, -0.2) is 21.9 Å². The summed E-state index contributed by atoms with van der Waals surface area (Å²) in [5, 5.41) is 0.724. The summed E-state index contributed by atoms with van der Waals surface area (Å²) in [4.78, 5) is 11.3. The molecule has 0 aromatic heterocycles. The Balaban J connectivity index is 2.29. The first kappa shape index (κ1) is 10.2. The van der Waals surface area contributed by atoms with E-state index < -0.39 is 0 Å². The molecule has 1 aliphatic heterocycles. The minimum atomic E-state index is 0.173. The molecule has 0 N–H and O–H groups in total. The normalized spacial score (nSPS) is 19.1. The smallest absolute Gasteiger partial charge is 0.214 e. The molecular formula is C9H14OS2. The van der Waals surface area contributed by atoms with Gasteiger partial charge in [-0.15, -0.1) is 0 Å². The number of hydrogen-bond acceptors (Lipinski definition) is 3. The summed E-state index contributed by atoms with van der Waals surface area (Å²) in [5.41, 5.74) is 0.679. The Morgan fingerprint density at radius 1 is 1.50 bits per heavy atom. The van der Waals surface area contributed by atoms with Crippen LogP contribution < -0.4 is 0 Å². The summed E-state index contributed by atoms with van der Waals surface area (Å²) in [6.07, 6.45) is 2.35. The molecule has 1 nitrogen and oxygen atoms in total. The zero-order chi connectivity index (χ0) is 8.97. The van der Waals surface area contributed by atoms with Crippen molar-refractivity contribution in [1.82, 2.24) is 0 Å². The molecule has 68 valence electrons. The highest BCUT2D eigenvalue weighted by Gasteiger charge is 2.17. The summed E-state index contributed by atoms with van der Waals surface area (Å²) >= 11 is 3.46. The predicted octanol–water partition coefficient (Wildman–Crippen LogP) is 2.72. The lowest BCUT2D eigenvalue weighted by Crippen LogP contribution is -2.14. The monoisotopic (exact) mass is 202 g/mol. The number of rotatable bonds is 2. The second-order valence-corrected chi connectivity index (χ2v) is 5.50. The Bertz CT molecular complexity index is 183. The zero-order valence-corrected chi connectivity index (χ0v) is 8.97. The summed E-state index contributed by atoms with van der Waals surface area (Å²) in [6.45, 7) is 5.43. The summed E-state index contributed by atoms with van der Waals surface area (Å²) in [7, 11) is 0. The molecule has 0 amide bonds. The average Bonchev–Trinajstić information content (AvgIpc) is 2.06. The number of carbonyl (C=O) groups excluding carboxylic acids is 1. The fourth-order valence-electron chi connectivity index (χ4n) is 1.05. The van der Waals surface area contributed by atoms with Gasteiger partial charge >= 0.3 is 0 Å². The van der Waals surface area contributed by atoms with Crippen LogP contribution in [0.3, 0.4) is 0 Å². The van der Waals surface area contributed by atoms with Gasteiger partial charge in [0.15, 0.2) is 0 Å². The van der Waals surface area contributed by atoms with Crippen molar-refractivity contribution in [3.05, 3.63) is 12.2 Å². The lowest BCUT2D eigenvalue weighted by molar-refractivity contribution is -0.107. The largest absolute Gasteiger partial charge is 0.282 e. The van der Waals surface area contributed by atoms with E-state index in [0.717, 1.165) is 0 Å². The molecule has 1 heterocycles. The molecular weight excluding hydrogens is 188 g/mol. The van der Waals surface area contributed by atoms with Crippen molar-refractivity contribution in [3.63, 3.8) is 0 Å². The van der Waals surface area contributed by atoms with Crippen LogP contribution in [0.15, 0.2) is 12.2 Å². The second kappa shape index (κ2) is 4.97. The van der Waals surface area contributed by atoms with E-state index in [4.69, 9.17) is 0 Å². The van der Waals surface area contributed by atoms with E-state index in [2.05, 4.69) is 6.58 Å². The van der Waals surface area contributed by atoms with Crippen molar-refractivity contribution in [1.29, 1.82) is 0 Å².